The van der Waals surface area contributed by atoms with Gasteiger partial charge in [0.25, 0.3) is 5.56 Å². The Bertz CT molecular complexity index is 374. The minimum absolute atomic E-state index is 0.102. The summed E-state index contributed by atoms with van der Waals surface area (Å²) in [5, 5.41) is 12.0. The lowest BCUT2D eigenvalue weighted by Gasteiger charge is -2.08. The number of nitrogens with zero attached hydrogens (tertiary/aromatic N) is 2. The Balaban J connectivity index is 2.66. The van der Waals surface area contributed by atoms with Crippen molar-refractivity contribution in [2.45, 2.75) is 39.3 Å². The molecule has 0 aliphatic carbocycles. The van der Waals surface area contributed by atoms with E-state index in [1.165, 1.54) is 0 Å². The summed E-state index contributed by atoms with van der Waals surface area (Å²) in [7, 11) is 0. The van der Waals surface area contributed by atoms with Crippen molar-refractivity contribution >= 4 is 5.82 Å². The highest BCUT2D eigenvalue weighted by molar-refractivity contribution is 5.30. The largest absolute Gasteiger partial charge is 0.393 e. The quantitative estimate of drug-likeness (QED) is 0.752. The normalized spacial score (nSPS) is 12.4. The SMILES string of the molecule is CCCn1ccnc(NCCC(C)O)c1=O. The Hall–Kier alpha value is -1.36. The molecule has 0 bridgehead atoms. The second kappa shape index (κ2) is 6.27. The van der Waals surface area contributed by atoms with Crippen molar-refractivity contribution in [1.29, 1.82) is 0 Å². The topological polar surface area (TPSA) is 67.2 Å². The number of rotatable bonds is 6. The van der Waals surface area contributed by atoms with Gasteiger partial charge in [0.2, 0.25) is 0 Å². The zero-order chi connectivity index (χ0) is 12.0. The second-order valence-electron chi connectivity index (χ2n) is 3.84. The van der Waals surface area contributed by atoms with Crippen LogP contribution >= 0.6 is 0 Å². The molecule has 1 atom stereocenters. The first-order valence-electron chi connectivity index (χ1n) is 5.62. The van der Waals surface area contributed by atoms with Crippen LogP contribution in [0.5, 0.6) is 0 Å². The van der Waals surface area contributed by atoms with Crippen molar-refractivity contribution in [1.82, 2.24) is 9.55 Å². The van der Waals surface area contributed by atoms with Crippen LogP contribution in [0, 0.1) is 0 Å². The van der Waals surface area contributed by atoms with Crippen LogP contribution in [0.25, 0.3) is 0 Å². The van der Waals surface area contributed by atoms with Gasteiger partial charge in [-0.1, -0.05) is 6.92 Å². The summed E-state index contributed by atoms with van der Waals surface area (Å²) in [5.41, 5.74) is -0.102. The highest BCUT2D eigenvalue weighted by Crippen LogP contribution is 1.96. The highest BCUT2D eigenvalue weighted by atomic mass is 16.3. The van der Waals surface area contributed by atoms with E-state index in [1.54, 1.807) is 23.9 Å². The van der Waals surface area contributed by atoms with Crippen LogP contribution in [-0.4, -0.2) is 27.3 Å². The van der Waals surface area contributed by atoms with Crippen molar-refractivity contribution in [3.8, 4) is 0 Å². The van der Waals surface area contributed by atoms with E-state index in [0.29, 0.717) is 25.3 Å². The zero-order valence-corrected chi connectivity index (χ0v) is 9.81. The van der Waals surface area contributed by atoms with Gasteiger partial charge in [0.1, 0.15) is 0 Å². The molecule has 1 unspecified atom stereocenters. The Morgan fingerprint density at radius 3 is 3.00 bits per heavy atom. The summed E-state index contributed by atoms with van der Waals surface area (Å²) in [4.78, 5) is 15.8. The van der Waals surface area contributed by atoms with E-state index in [-0.39, 0.29) is 11.7 Å². The molecule has 90 valence electrons. The molecule has 5 heteroatoms. The predicted octanol–water partition coefficient (Wildman–Crippen LogP) is 0.836. The zero-order valence-electron chi connectivity index (χ0n) is 9.81. The second-order valence-corrected chi connectivity index (χ2v) is 3.84. The van der Waals surface area contributed by atoms with Crippen LogP contribution in [0.15, 0.2) is 17.2 Å². The van der Waals surface area contributed by atoms with Gasteiger partial charge in [-0.25, -0.2) is 4.98 Å². The maximum atomic E-state index is 11.8. The fourth-order valence-electron chi connectivity index (χ4n) is 1.38. The van der Waals surface area contributed by atoms with Gasteiger partial charge in [0.15, 0.2) is 5.82 Å². The van der Waals surface area contributed by atoms with E-state index >= 15 is 0 Å². The van der Waals surface area contributed by atoms with Crippen LogP contribution in [0.2, 0.25) is 0 Å². The van der Waals surface area contributed by atoms with E-state index in [2.05, 4.69) is 10.3 Å². The highest BCUT2D eigenvalue weighted by Gasteiger charge is 2.03. The summed E-state index contributed by atoms with van der Waals surface area (Å²) in [6, 6.07) is 0. The molecular weight excluding hydrogens is 206 g/mol. The summed E-state index contributed by atoms with van der Waals surface area (Å²) >= 11 is 0. The van der Waals surface area contributed by atoms with E-state index < -0.39 is 0 Å². The molecule has 0 radical (unpaired) electrons. The number of nitrogens with one attached hydrogen (secondary N) is 1. The van der Waals surface area contributed by atoms with Gasteiger partial charge < -0.3 is 15.0 Å². The molecule has 2 N–H and O–H groups in total. The first-order valence-corrected chi connectivity index (χ1v) is 5.62. The summed E-state index contributed by atoms with van der Waals surface area (Å²) in [5.74, 6) is 0.358. The molecule has 5 nitrogen and oxygen atoms in total. The average Bonchev–Trinajstić information content (AvgIpc) is 2.23. The van der Waals surface area contributed by atoms with Gasteiger partial charge in [-0.2, -0.15) is 0 Å². The summed E-state index contributed by atoms with van der Waals surface area (Å²) in [6.45, 7) is 4.99. The van der Waals surface area contributed by atoms with E-state index in [4.69, 9.17) is 5.11 Å². The fourth-order valence-corrected chi connectivity index (χ4v) is 1.38. The van der Waals surface area contributed by atoms with Gasteiger partial charge in [0, 0.05) is 25.5 Å². The predicted molar refractivity (Wildman–Crippen MR) is 63.6 cm³/mol. The van der Waals surface area contributed by atoms with Crippen molar-refractivity contribution in [3.05, 3.63) is 22.7 Å². The number of aromatic nitrogens is 2. The first kappa shape index (κ1) is 12.7. The molecule has 0 saturated carbocycles. The first-order chi connectivity index (χ1) is 7.65. The number of hydrogen-bond acceptors (Lipinski definition) is 4. The Morgan fingerprint density at radius 1 is 1.62 bits per heavy atom. The maximum absolute atomic E-state index is 11.8. The van der Waals surface area contributed by atoms with E-state index in [1.807, 2.05) is 6.92 Å². The van der Waals surface area contributed by atoms with Crippen LogP contribution in [0.1, 0.15) is 26.7 Å². The lowest BCUT2D eigenvalue weighted by Crippen LogP contribution is -2.25. The third-order valence-corrected chi connectivity index (χ3v) is 2.23. The number of aliphatic hydroxyl groups is 1. The van der Waals surface area contributed by atoms with Crippen LogP contribution in [-0.2, 0) is 6.54 Å². The molecule has 0 spiro atoms. The third-order valence-electron chi connectivity index (χ3n) is 2.23. The summed E-state index contributed by atoms with van der Waals surface area (Å²) < 4.78 is 1.64. The minimum atomic E-state index is -0.367. The number of aryl methyl sites for hydroxylation is 1. The molecule has 1 heterocycles. The van der Waals surface area contributed by atoms with Gasteiger partial charge in [-0.15, -0.1) is 0 Å². The van der Waals surface area contributed by atoms with Gasteiger partial charge in [-0.05, 0) is 19.8 Å². The molecular formula is C11H19N3O2. The monoisotopic (exact) mass is 225 g/mol. The molecule has 0 amide bonds. The van der Waals surface area contributed by atoms with Crippen molar-refractivity contribution in [3.63, 3.8) is 0 Å². The van der Waals surface area contributed by atoms with Crippen molar-refractivity contribution < 1.29 is 5.11 Å². The molecule has 1 aromatic heterocycles. The Kier molecular flexibility index (Phi) is 4.98. The van der Waals surface area contributed by atoms with Gasteiger partial charge in [-0.3, -0.25) is 4.79 Å². The molecule has 0 saturated heterocycles. The molecule has 0 aliphatic heterocycles. The van der Waals surface area contributed by atoms with Crippen molar-refractivity contribution in [2.24, 2.45) is 0 Å². The smallest absolute Gasteiger partial charge is 0.293 e. The number of hydrogen-bond donors (Lipinski definition) is 2. The lowest BCUT2D eigenvalue weighted by molar-refractivity contribution is 0.188. The minimum Gasteiger partial charge on any atom is -0.393 e. The average molecular weight is 225 g/mol. The van der Waals surface area contributed by atoms with E-state index in [0.717, 1.165) is 6.42 Å². The Morgan fingerprint density at radius 2 is 2.38 bits per heavy atom. The number of anilines is 1. The Labute approximate surface area is 95.1 Å². The third kappa shape index (κ3) is 3.66. The van der Waals surface area contributed by atoms with E-state index in [9.17, 15) is 4.79 Å². The van der Waals surface area contributed by atoms with Crippen molar-refractivity contribution in [2.75, 3.05) is 11.9 Å². The van der Waals surface area contributed by atoms with Gasteiger partial charge in [0.05, 0.1) is 6.10 Å². The molecule has 1 aromatic rings. The standard InChI is InChI=1S/C11H19N3O2/c1-3-7-14-8-6-13-10(11(14)16)12-5-4-9(2)15/h6,8-9,15H,3-5,7H2,1-2H3,(H,12,13). The number of aliphatic hydroxyl groups excluding tert-OH is 1. The van der Waals surface area contributed by atoms with Gasteiger partial charge >= 0.3 is 0 Å². The molecule has 0 aliphatic rings. The molecule has 16 heavy (non-hydrogen) atoms. The molecule has 0 fully saturated rings. The molecule has 0 aromatic carbocycles. The summed E-state index contributed by atoms with van der Waals surface area (Å²) in [6.07, 6.45) is 4.45. The van der Waals surface area contributed by atoms with Crippen LogP contribution in [0.3, 0.4) is 0 Å². The van der Waals surface area contributed by atoms with Crippen LogP contribution < -0.4 is 10.9 Å². The molecule has 1 rings (SSSR count). The maximum Gasteiger partial charge on any atom is 0.293 e. The van der Waals surface area contributed by atoms with Crippen LogP contribution in [0.4, 0.5) is 5.82 Å². The fraction of sp³-hybridized carbons (Fsp3) is 0.636. The lowest BCUT2D eigenvalue weighted by atomic mass is 10.3.